The highest BCUT2D eigenvalue weighted by atomic mass is 16.4. The van der Waals surface area contributed by atoms with E-state index >= 15 is 0 Å². The molecule has 0 aromatic carbocycles. The number of pyridine rings is 1. The van der Waals surface area contributed by atoms with Crippen LogP contribution in [0.5, 0.6) is 0 Å². The van der Waals surface area contributed by atoms with Gasteiger partial charge in [-0.05, 0) is 6.42 Å². The van der Waals surface area contributed by atoms with E-state index in [1.807, 2.05) is 6.92 Å². The zero-order chi connectivity index (χ0) is 11.3. The molecule has 0 spiro atoms. The molecule has 0 atom stereocenters. The number of aromatic carboxylic acids is 1. The Balaban J connectivity index is 2.71. The summed E-state index contributed by atoms with van der Waals surface area (Å²) in [5, 5.41) is 8.66. The maximum Gasteiger partial charge on any atom is 0.392 e. The highest BCUT2D eigenvalue weighted by molar-refractivity contribution is 5.87. The molecule has 0 aliphatic carbocycles. The zero-order valence-electron chi connectivity index (χ0n) is 8.64. The van der Waals surface area contributed by atoms with Gasteiger partial charge in [0.2, 0.25) is 0 Å². The van der Waals surface area contributed by atoms with E-state index in [0.29, 0.717) is 6.42 Å². The fourth-order valence-corrected chi connectivity index (χ4v) is 1.19. The first kappa shape index (κ1) is 11.4. The minimum atomic E-state index is -0.983. The lowest BCUT2D eigenvalue weighted by Gasteiger charge is -1.94. The first-order valence-corrected chi connectivity index (χ1v) is 4.93. The summed E-state index contributed by atoms with van der Waals surface area (Å²) in [6.07, 6.45) is 5.29. The van der Waals surface area contributed by atoms with Gasteiger partial charge in [0, 0.05) is 12.1 Å². The molecule has 1 N–H and O–H groups in total. The third-order valence-corrected chi connectivity index (χ3v) is 2.11. The number of hydrogen-bond donors (Lipinski definition) is 1. The molecule has 4 heteroatoms. The number of hydrogen-bond acceptors (Lipinski definition) is 2. The molecule has 0 aliphatic heterocycles. The zero-order valence-corrected chi connectivity index (χ0v) is 8.64. The summed E-state index contributed by atoms with van der Waals surface area (Å²) in [4.78, 5) is 22.1. The highest BCUT2D eigenvalue weighted by Gasteiger charge is 2.13. The molecule has 0 radical (unpaired) electrons. The van der Waals surface area contributed by atoms with Crippen LogP contribution in [0, 0.1) is 0 Å². The van der Waals surface area contributed by atoms with E-state index in [2.05, 4.69) is 0 Å². The van der Waals surface area contributed by atoms with Gasteiger partial charge in [0.15, 0.2) is 12.4 Å². The van der Waals surface area contributed by atoms with Crippen molar-refractivity contribution in [3.05, 3.63) is 30.1 Å². The summed E-state index contributed by atoms with van der Waals surface area (Å²) in [7, 11) is 0. The van der Waals surface area contributed by atoms with E-state index in [0.717, 1.165) is 12.8 Å². The Bertz CT molecular complexity index is 357. The Labute approximate surface area is 88.2 Å². The predicted octanol–water partition coefficient (Wildman–Crippen LogP) is 1.50. The minimum absolute atomic E-state index is 0.00575. The second kappa shape index (κ2) is 5.24. The van der Waals surface area contributed by atoms with Crippen molar-refractivity contribution < 1.29 is 19.3 Å². The van der Waals surface area contributed by atoms with E-state index in [-0.39, 0.29) is 11.5 Å². The van der Waals surface area contributed by atoms with Crippen LogP contribution in [0.15, 0.2) is 24.5 Å². The monoisotopic (exact) mass is 208 g/mol. The van der Waals surface area contributed by atoms with Crippen LogP contribution in [-0.4, -0.2) is 17.0 Å². The summed E-state index contributed by atoms with van der Waals surface area (Å²) in [5.41, 5.74) is 0.189. The molecule has 80 valence electrons. The third-order valence-electron chi connectivity index (χ3n) is 2.11. The van der Waals surface area contributed by atoms with Gasteiger partial charge < -0.3 is 5.11 Å². The van der Waals surface area contributed by atoms with Crippen molar-refractivity contribution in [3.63, 3.8) is 0 Å². The smallest absolute Gasteiger partial charge is 0.392 e. The maximum atomic E-state index is 11.5. The van der Waals surface area contributed by atoms with Gasteiger partial charge >= 0.3 is 11.9 Å². The number of unbranched alkanes of at least 4 members (excludes halogenated alkanes) is 1. The molecule has 1 rings (SSSR count). The van der Waals surface area contributed by atoms with Crippen molar-refractivity contribution in [3.8, 4) is 0 Å². The van der Waals surface area contributed by atoms with Crippen LogP contribution in [0.25, 0.3) is 0 Å². The van der Waals surface area contributed by atoms with Gasteiger partial charge in [-0.15, -0.1) is 4.57 Å². The average Bonchev–Trinajstić information content (AvgIpc) is 2.26. The van der Waals surface area contributed by atoms with Gasteiger partial charge in [0.25, 0.3) is 0 Å². The second-order valence-electron chi connectivity index (χ2n) is 3.30. The topological polar surface area (TPSA) is 58.2 Å². The molecule has 1 aromatic rings. The van der Waals surface area contributed by atoms with E-state index in [1.165, 1.54) is 29.1 Å². The normalized spacial score (nSPS) is 9.93. The first-order chi connectivity index (χ1) is 7.15. The maximum absolute atomic E-state index is 11.5. The van der Waals surface area contributed by atoms with E-state index < -0.39 is 5.97 Å². The van der Waals surface area contributed by atoms with E-state index in [4.69, 9.17) is 5.11 Å². The number of aromatic nitrogens is 1. The van der Waals surface area contributed by atoms with Crippen LogP contribution in [0.2, 0.25) is 0 Å². The molecule has 0 amide bonds. The molecule has 0 saturated heterocycles. The Hall–Kier alpha value is -1.71. The first-order valence-electron chi connectivity index (χ1n) is 4.93. The summed E-state index contributed by atoms with van der Waals surface area (Å²) >= 11 is 0. The Kier molecular flexibility index (Phi) is 3.97. The van der Waals surface area contributed by atoms with Crippen LogP contribution in [0.1, 0.15) is 41.3 Å². The van der Waals surface area contributed by atoms with Gasteiger partial charge in [-0.3, -0.25) is 0 Å². The highest BCUT2D eigenvalue weighted by Crippen LogP contribution is 1.96. The number of nitrogens with zero attached hydrogens (tertiary/aromatic N) is 1. The van der Waals surface area contributed by atoms with Crippen molar-refractivity contribution in [1.29, 1.82) is 0 Å². The molecular formula is C11H14NO3+. The van der Waals surface area contributed by atoms with Gasteiger partial charge in [-0.2, -0.15) is 0 Å². The standard InChI is InChI=1S/C11H13NO3/c1-2-3-4-10(13)12-7-5-9(6-8-12)11(14)15/h5-8H,2-4H2,1H3/p+1. The lowest BCUT2D eigenvalue weighted by molar-refractivity contribution is -0.574. The molecule has 1 heterocycles. The summed E-state index contributed by atoms with van der Waals surface area (Å²) in [5.74, 6) is -0.989. The fraction of sp³-hybridized carbons (Fsp3) is 0.364. The van der Waals surface area contributed by atoms with Gasteiger partial charge in [0.1, 0.15) is 0 Å². The summed E-state index contributed by atoms with van der Waals surface area (Å²) in [6, 6.07) is 2.85. The Morgan fingerprint density at radius 3 is 2.40 bits per heavy atom. The largest absolute Gasteiger partial charge is 0.478 e. The van der Waals surface area contributed by atoms with Crippen LogP contribution in [0.3, 0.4) is 0 Å². The Morgan fingerprint density at radius 1 is 1.33 bits per heavy atom. The second-order valence-corrected chi connectivity index (χ2v) is 3.30. The quantitative estimate of drug-likeness (QED) is 0.763. The molecule has 0 unspecified atom stereocenters. The van der Waals surface area contributed by atoms with Crippen LogP contribution >= 0.6 is 0 Å². The molecule has 1 aromatic heterocycles. The average molecular weight is 208 g/mol. The van der Waals surface area contributed by atoms with Gasteiger partial charge in [-0.25, -0.2) is 9.59 Å². The molecule has 0 bridgehead atoms. The lowest BCUT2D eigenvalue weighted by atomic mass is 10.2. The number of carbonyl (C=O) groups excluding carboxylic acids is 1. The van der Waals surface area contributed by atoms with Crippen LogP contribution in [0.4, 0.5) is 0 Å². The molecule has 4 nitrogen and oxygen atoms in total. The van der Waals surface area contributed by atoms with Crippen molar-refractivity contribution >= 4 is 11.9 Å². The summed E-state index contributed by atoms with van der Waals surface area (Å²) in [6.45, 7) is 2.02. The minimum Gasteiger partial charge on any atom is -0.478 e. The molecule has 0 fully saturated rings. The summed E-state index contributed by atoms with van der Waals surface area (Å²) < 4.78 is 1.42. The van der Waals surface area contributed by atoms with Crippen molar-refractivity contribution in [2.45, 2.75) is 26.2 Å². The van der Waals surface area contributed by atoms with E-state index in [9.17, 15) is 9.59 Å². The van der Waals surface area contributed by atoms with Crippen molar-refractivity contribution in [2.75, 3.05) is 0 Å². The van der Waals surface area contributed by atoms with Crippen LogP contribution in [-0.2, 0) is 0 Å². The number of carboxylic acid groups (broad SMARTS) is 1. The predicted molar refractivity (Wildman–Crippen MR) is 53.7 cm³/mol. The van der Waals surface area contributed by atoms with Gasteiger partial charge in [0.05, 0.1) is 12.0 Å². The SMILES string of the molecule is CCCCC(=O)[n+]1ccc(C(=O)O)cc1. The number of carbonyl (C=O) groups is 2. The number of carboxylic acids is 1. The van der Waals surface area contributed by atoms with Crippen molar-refractivity contribution in [1.82, 2.24) is 0 Å². The van der Waals surface area contributed by atoms with Crippen LogP contribution < -0.4 is 4.57 Å². The molecule has 15 heavy (non-hydrogen) atoms. The van der Waals surface area contributed by atoms with Gasteiger partial charge in [-0.1, -0.05) is 13.3 Å². The van der Waals surface area contributed by atoms with Crippen molar-refractivity contribution in [2.24, 2.45) is 0 Å². The third kappa shape index (κ3) is 3.16. The lowest BCUT2D eigenvalue weighted by Crippen LogP contribution is -2.41. The molecule has 0 saturated carbocycles. The number of rotatable bonds is 4. The Morgan fingerprint density at radius 2 is 1.93 bits per heavy atom. The molecular weight excluding hydrogens is 194 g/mol. The van der Waals surface area contributed by atoms with E-state index in [1.54, 1.807) is 0 Å². The fourth-order valence-electron chi connectivity index (χ4n) is 1.19. The molecule has 0 aliphatic rings.